The van der Waals surface area contributed by atoms with Crippen molar-refractivity contribution in [2.75, 3.05) is 39.5 Å². The number of rotatable bonds is 23. The van der Waals surface area contributed by atoms with Crippen LogP contribution in [0.25, 0.3) is 0 Å². The van der Waals surface area contributed by atoms with Crippen molar-refractivity contribution in [1.29, 1.82) is 0 Å². The van der Waals surface area contributed by atoms with E-state index >= 15 is 0 Å². The van der Waals surface area contributed by atoms with Gasteiger partial charge in [-0.25, -0.2) is 19.2 Å². The molecule has 4 aliphatic rings. The highest BCUT2D eigenvalue weighted by Gasteiger charge is 2.34. The molecule has 4 saturated carbocycles. The fourth-order valence-electron chi connectivity index (χ4n) is 11.3. The summed E-state index contributed by atoms with van der Waals surface area (Å²) in [6.07, 6.45) is 21.6. The maximum atomic E-state index is 13.4. The first-order valence-electron chi connectivity index (χ1n) is 27.2. The quantitative estimate of drug-likeness (QED) is 0.0435. The second kappa shape index (κ2) is 28.8. The van der Waals surface area contributed by atoms with Gasteiger partial charge in [-0.1, -0.05) is 38.8 Å². The number of hydrogen-bond acceptors (Lipinski definition) is 10. The number of unbranched alkanes of at least 4 members (excludes halogenated alkanes) is 1. The highest BCUT2D eigenvalue weighted by molar-refractivity contribution is 5.87. The van der Waals surface area contributed by atoms with Crippen LogP contribution in [0.2, 0.25) is 0 Å². The van der Waals surface area contributed by atoms with E-state index in [0.29, 0.717) is 98.6 Å². The monoisotopic (exact) mass is 983 g/mol. The largest absolute Gasteiger partial charge is 0.466 e. The van der Waals surface area contributed by atoms with Crippen molar-refractivity contribution in [1.82, 2.24) is 20.4 Å². The van der Waals surface area contributed by atoms with Crippen LogP contribution in [-0.2, 0) is 38.1 Å². The van der Waals surface area contributed by atoms with Crippen LogP contribution in [0.15, 0.2) is 24.3 Å². The molecule has 70 heavy (non-hydrogen) atoms. The van der Waals surface area contributed by atoms with Crippen molar-refractivity contribution >= 4 is 35.9 Å². The molecule has 14 nitrogen and oxygen atoms in total. The van der Waals surface area contributed by atoms with E-state index in [0.717, 1.165) is 89.9 Å². The van der Waals surface area contributed by atoms with E-state index in [2.05, 4.69) is 23.8 Å². The van der Waals surface area contributed by atoms with Gasteiger partial charge in [-0.3, -0.25) is 9.59 Å². The van der Waals surface area contributed by atoms with Gasteiger partial charge in [0.05, 0.1) is 26.3 Å². The zero-order chi connectivity index (χ0) is 51.4. The predicted molar refractivity (Wildman–Crippen MR) is 274 cm³/mol. The molecule has 2 N–H and O–H groups in total. The Labute approximate surface area is 421 Å². The summed E-state index contributed by atoms with van der Waals surface area (Å²) in [4.78, 5) is 79.1. The summed E-state index contributed by atoms with van der Waals surface area (Å²) >= 11 is 0. The van der Waals surface area contributed by atoms with Crippen LogP contribution < -0.4 is 10.6 Å². The second-order valence-electron chi connectivity index (χ2n) is 23.6. The lowest BCUT2D eigenvalue weighted by molar-refractivity contribution is -0.145. The average Bonchev–Trinajstić information content (AvgIpc) is 3.29. The molecule has 0 saturated heterocycles. The molecule has 0 heterocycles. The first-order chi connectivity index (χ1) is 33.1. The maximum absolute atomic E-state index is 13.4. The van der Waals surface area contributed by atoms with E-state index < -0.39 is 17.5 Å². The first kappa shape index (κ1) is 58.5. The number of nitrogens with one attached hydrogen (secondary N) is 2. The van der Waals surface area contributed by atoms with Crippen LogP contribution in [0.1, 0.15) is 197 Å². The van der Waals surface area contributed by atoms with Crippen molar-refractivity contribution in [2.24, 2.45) is 35.5 Å². The highest BCUT2D eigenvalue weighted by atomic mass is 16.6. The van der Waals surface area contributed by atoms with Crippen LogP contribution in [-0.4, -0.2) is 108 Å². The van der Waals surface area contributed by atoms with E-state index in [-0.39, 0.29) is 54.8 Å². The summed E-state index contributed by atoms with van der Waals surface area (Å²) in [7, 11) is 0. The molecule has 0 aromatic rings. The Bertz CT molecular complexity index is 1580. The molecule has 0 atom stereocenters. The van der Waals surface area contributed by atoms with Gasteiger partial charge in [0.15, 0.2) is 0 Å². The molecule has 4 fully saturated rings. The Morgan fingerprint density at radius 1 is 0.471 bits per heavy atom. The van der Waals surface area contributed by atoms with Gasteiger partial charge in [0.25, 0.3) is 0 Å². The lowest BCUT2D eigenvalue weighted by Crippen LogP contribution is -2.54. The molecule has 14 heteroatoms. The Morgan fingerprint density at radius 2 is 0.843 bits per heavy atom. The summed E-state index contributed by atoms with van der Waals surface area (Å²) in [6.45, 7) is 24.2. The molecular formula is C56H94N4O10. The summed E-state index contributed by atoms with van der Waals surface area (Å²) in [6, 6.07) is 0.159. The number of ether oxygens (including phenoxy) is 4. The van der Waals surface area contributed by atoms with Crippen molar-refractivity contribution in [2.45, 2.75) is 220 Å². The lowest BCUT2D eigenvalue weighted by atomic mass is 9.72. The van der Waals surface area contributed by atoms with Gasteiger partial charge in [0.1, 0.15) is 13.2 Å². The number of urea groups is 1. The SMILES string of the molecule is C=C(C)C(=O)OCCN(C(=O)CC1CCC(CC2CCC(CC(=O)OCCCCOC(=O)NC3CCC(CC4CCC(NC(=O)N(CCOC(=O)C(=C)C)C(C)(C)C)CC4)CC3)CC2)CC1)C(C)(C)C. The van der Waals surface area contributed by atoms with E-state index in [1.54, 1.807) is 18.7 Å². The van der Waals surface area contributed by atoms with E-state index in [1.165, 1.54) is 25.7 Å². The molecule has 0 aromatic carbocycles. The number of carbonyl (C=O) groups is 6. The predicted octanol–water partition coefficient (Wildman–Crippen LogP) is 11.0. The second-order valence-corrected chi connectivity index (χ2v) is 23.6. The van der Waals surface area contributed by atoms with Crippen molar-refractivity contribution in [3.8, 4) is 0 Å². The van der Waals surface area contributed by atoms with Crippen LogP contribution in [0, 0.1) is 35.5 Å². The third kappa shape index (κ3) is 21.3. The lowest BCUT2D eigenvalue weighted by Gasteiger charge is -2.38. The Kier molecular flexibility index (Phi) is 24.1. The number of alkyl carbamates (subject to hydrolysis) is 1. The Hall–Kier alpha value is -4.10. The first-order valence-corrected chi connectivity index (χ1v) is 27.2. The number of carbonyl (C=O) groups excluding carboxylic acids is 6. The fraction of sp³-hybridized carbons (Fsp3) is 0.821. The van der Waals surface area contributed by atoms with Crippen molar-refractivity contribution in [3.05, 3.63) is 24.3 Å². The summed E-state index contributed by atoms with van der Waals surface area (Å²) in [5.74, 6) is 2.65. The van der Waals surface area contributed by atoms with Gasteiger partial charge < -0.3 is 39.4 Å². The maximum Gasteiger partial charge on any atom is 0.407 e. The minimum Gasteiger partial charge on any atom is -0.466 e. The molecule has 0 bridgehead atoms. The highest BCUT2D eigenvalue weighted by Crippen LogP contribution is 2.40. The third-order valence-electron chi connectivity index (χ3n) is 15.5. The smallest absolute Gasteiger partial charge is 0.407 e. The normalized spacial score (nSPS) is 25.1. The van der Waals surface area contributed by atoms with Crippen LogP contribution >= 0.6 is 0 Å². The summed E-state index contributed by atoms with van der Waals surface area (Å²) in [5.41, 5.74) is -0.0589. The topological polar surface area (TPSA) is 170 Å². The molecule has 0 aliphatic heterocycles. The standard InChI is InChI=1S/C56H94N4O10/c1-39(2)51(63)68-33-29-59(55(5,6)7)49(61)37-45-17-13-41(14-18-45)35-42-15-19-46(20-16-42)38-50(62)67-31-11-12-32-70-54(66)58-48-27-23-44(24-28-48)36-43-21-25-47(26-22-43)57-53(65)60(56(8,9)10)30-34-69-52(64)40(3)4/h41-48H,1,3,11-38H2,2,4-10H3,(H,57,65)(H,58,66). The summed E-state index contributed by atoms with van der Waals surface area (Å²) in [5, 5.41) is 6.31. The van der Waals surface area contributed by atoms with Crippen LogP contribution in [0.5, 0.6) is 0 Å². The molecule has 4 aliphatic carbocycles. The Balaban J connectivity index is 0.976. The van der Waals surface area contributed by atoms with E-state index in [4.69, 9.17) is 18.9 Å². The van der Waals surface area contributed by atoms with Gasteiger partial charge in [-0.15, -0.1) is 0 Å². The average molecular weight is 983 g/mol. The number of nitrogens with zero attached hydrogens (tertiary/aromatic N) is 2. The molecule has 0 spiro atoms. The molecule has 0 aromatic heterocycles. The minimum atomic E-state index is -0.444. The van der Waals surface area contributed by atoms with Gasteiger partial charge in [0.2, 0.25) is 5.91 Å². The minimum absolute atomic E-state index is 0.118. The fourth-order valence-corrected chi connectivity index (χ4v) is 11.3. The summed E-state index contributed by atoms with van der Waals surface area (Å²) < 4.78 is 21.6. The van der Waals surface area contributed by atoms with Crippen LogP contribution in [0.4, 0.5) is 9.59 Å². The van der Waals surface area contributed by atoms with Gasteiger partial charge in [-0.2, -0.15) is 0 Å². The zero-order valence-electron chi connectivity index (χ0n) is 44.8. The van der Waals surface area contributed by atoms with Crippen molar-refractivity contribution in [3.63, 3.8) is 0 Å². The number of amides is 4. The van der Waals surface area contributed by atoms with E-state index in [1.807, 2.05) is 46.4 Å². The zero-order valence-corrected chi connectivity index (χ0v) is 44.8. The Morgan fingerprint density at radius 3 is 1.27 bits per heavy atom. The molecule has 398 valence electrons. The molecule has 4 rings (SSSR count). The van der Waals surface area contributed by atoms with Gasteiger partial charge in [0, 0.05) is 47.1 Å². The third-order valence-corrected chi connectivity index (χ3v) is 15.5. The van der Waals surface area contributed by atoms with Gasteiger partial charge in [-0.05, 0) is 194 Å². The molecular weight excluding hydrogens is 889 g/mol. The van der Waals surface area contributed by atoms with E-state index in [9.17, 15) is 28.8 Å². The number of hydrogen-bond donors (Lipinski definition) is 2. The molecule has 0 radical (unpaired) electrons. The molecule has 0 unspecified atom stereocenters. The van der Waals surface area contributed by atoms with Gasteiger partial charge >= 0.3 is 30.0 Å². The number of esters is 3. The van der Waals surface area contributed by atoms with Crippen molar-refractivity contribution < 1.29 is 47.7 Å². The van der Waals surface area contributed by atoms with Crippen LogP contribution in [0.3, 0.4) is 0 Å². The molecule has 4 amide bonds.